The summed E-state index contributed by atoms with van der Waals surface area (Å²) in [6.07, 6.45) is 2.57. The Morgan fingerprint density at radius 3 is 2.48 bits per heavy atom. The number of carbonyl (C=O) groups excluding carboxylic acids is 2. The first-order valence-electron chi connectivity index (χ1n) is 9.55. The molecule has 0 unspecified atom stereocenters. The van der Waals surface area contributed by atoms with Crippen molar-refractivity contribution < 1.29 is 22.7 Å². The highest BCUT2D eigenvalue weighted by molar-refractivity contribution is 7.89. The predicted molar refractivity (Wildman–Crippen MR) is 111 cm³/mol. The van der Waals surface area contributed by atoms with Crippen LogP contribution < -0.4 is 0 Å². The lowest BCUT2D eigenvalue weighted by molar-refractivity contribution is -0.133. The Morgan fingerprint density at radius 1 is 1.24 bits per heavy atom. The van der Waals surface area contributed by atoms with E-state index in [1.165, 1.54) is 27.4 Å². The predicted octanol–water partition coefficient (Wildman–Crippen LogP) is 3.10. The maximum atomic E-state index is 12.9. The van der Waals surface area contributed by atoms with Gasteiger partial charge in [0, 0.05) is 26.2 Å². The quantitative estimate of drug-likeness (QED) is 0.456. The summed E-state index contributed by atoms with van der Waals surface area (Å²) in [6.45, 7) is 8.66. The fourth-order valence-corrected chi connectivity index (χ4v) is 5.09. The summed E-state index contributed by atoms with van der Waals surface area (Å²) < 4.78 is 32.3. The number of amides is 1. The Kier molecular flexibility index (Phi) is 8.24. The van der Waals surface area contributed by atoms with Crippen LogP contribution in [-0.2, 0) is 19.6 Å². The van der Waals surface area contributed by atoms with Crippen LogP contribution in [0.25, 0.3) is 0 Å². The van der Waals surface area contributed by atoms with Gasteiger partial charge >= 0.3 is 5.97 Å². The minimum Gasteiger partial charge on any atom is -0.452 e. The molecule has 160 valence electrons. The number of hydrogen-bond acceptors (Lipinski definition) is 5. The van der Waals surface area contributed by atoms with E-state index in [2.05, 4.69) is 6.58 Å². The van der Waals surface area contributed by atoms with Crippen molar-refractivity contribution in [2.75, 3.05) is 32.8 Å². The van der Waals surface area contributed by atoms with Gasteiger partial charge in [0.1, 0.15) is 4.90 Å². The Bertz CT molecular complexity index is 879. The number of rotatable bonds is 8. The molecule has 0 aromatic heterocycles. The normalized spacial score (nSPS) is 15.0. The van der Waals surface area contributed by atoms with Crippen molar-refractivity contribution >= 4 is 33.5 Å². The molecule has 0 bridgehead atoms. The first-order chi connectivity index (χ1) is 13.7. The molecule has 29 heavy (non-hydrogen) atoms. The maximum absolute atomic E-state index is 12.9. The molecule has 1 heterocycles. The van der Waals surface area contributed by atoms with Crippen molar-refractivity contribution in [1.29, 1.82) is 0 Å². The van der Waals surface area contributed by atoms with Gasteiger partial charge < -0.3 is 9.64 Å². The second-order valence-corrected chi connectivity index (χ2v) is 9.36. The van der Waals surface area contributed by atoms with E-state index in [1.807, 2.05) is 6.92 Å². The topological polar surface area (TPSA) is 84.0 Å². The minimum atomic E-state index is -3.80. The molecule has 9 heteroatoms. The number of ether oxygens (including phenoxy) is 1. The molecular formula is C20H27ClN2O5S. The number of piperidine rings is 1. The summed E-state index contributed by atoms with van der Waals surface area (Å²) in [5.41, 5.74) is 0.845. The van der Waals surface area contributed by atoms with Crippen LogP contribution in [0.5, 0.6) is 0 Å². The fraction of sp³-hybridized carbons (Fsp3) is 0.500. The molecule has 1 aromatic carbocycles. The molecule has 1 aliphatic rings. The van der Waals surface area contributed by atoms with Crippen molar-refractivity contribution in [3.05, 3.63) is 40.9 Å². The highest BCUT2D eigenvalue weighted by Gasteiger charge is 2.29. The summed E-state index contributed by atoms with van der Waals surface area (Å²) in [5, 5.41) is 0.0433. The van der Waals surface area contributed by atoms with Crippen LogP contribution in [0.1, 0.15) is 43.5 Å². The van der Waals surface area contributed by atoms with Gasteiger partial charge in [-0.1, -0.05) is 30.2 Å². The number of halogens is 1. The number of sulfonamides is 1. The van der Waals surface area contributed by atoms with Gasteiger partial charge in [0.05, 0.1) is 10.6 Å². The van der Waals surface area contributed by atoms with Crippen molar-refractivity contribution in [3.8, 4) is 0 Å². The molecule has 1 saturated heterocycles. The fourth-order valence-electron chi connectivity index (χ4n) is 3.08. The molecule has 7 nitrogen and oxygen atoms in total. The number of benzene rings is 1. The van der Waals surface area contributed by atoms with Crippen molar-refractivity contribution in [2.45, 2.75) is 38.0 Å². The first-order valence-corrected chi connectivity index (χ1v) is 11.4. The van der Waals surface area contributed by atoms with Crippen LogP contribution in [0.4, 0.5) is 0 Å². The zero-order valence-electron chi connectivity index (χ0n) is 16.8. The molecule has 0 spiro atoms. The van der Waals surface area contributed by atoms with E-state index >= 15 is 0 Å². The summed E-state index contributed by atoms with van der Waals surface area (Å²) in [5.74, 6) is -1.13. The highest BCUT2D eigenvalue weighted by Crippen LogP contribution is 2.28. The monoisotopic (exact) mass is 442 g/mol. The second kappa shape index (κ2) is 10.2. The largest absolute Gasteiger partial charge is 0.452 e. The smallest absolute Gasteiger partial charge is 0.338 e. The lowest BCUT2D eigenvalue weighted by Gasteiger charge is -2.26. The molecular weight excluding hydrogens is 416 g/mol. The average Bonchev–Trinajstić information content (AvgIpc) is 2.70. The van der Waals surface area contributed by atoms with E-state index in [-0.39, 0.29) is 21.4 Å². The van der Waals surface area contributed by atoms with E-state index < -0.39 is 22.6 Å². The van der Waals surface area contributed by atoms with E-state index in [1.54, 1.807) is 6.92 Å². The summed E-state index contributed by atoms with van der Waals surface area (Å²) >= 11 is 6.11. The SMILES string of the molecule is C=C(C)CN(CC)C(=O)COC(=O)c1ccc(Cl)c(S(=O)(=O)N2CCCCC2)c1. The van der Waals surface area contributed by atoms with Gasteiger partial charge in [-0.15, -0.1) is 0 Å². The van der Waals surface area contributed by atoms with Gasteiger partial charge in [-0.3, -0.25) is 4.79 Å². The standard InChI is InChI=1S/C20H27ClN2O5S/c1-4-22(13-15(2)3)19(24)14-28-20(25)16-8-9-17(21)18(12-16)29(26,27)23-10-6-5-7-11-23/h8-9,12H,2,4-7,10-11,13-14H2,1,3H3. The summed E-state index contributed by atoms with van der Waals surface area (Å²) in [4.78, 5) is 26.0. The van der Waals surface area contributed by atoms with E-state index in [9.17, 15) is 18.0 Å². The molecule has 2 rings (SSSR count). The Balaban J connectivity index is 2.13. The third-order valence-electron chi connectivity index (χ3n) is 4.62. The molecule has 1 amide bonds. The zero-order chi connectivity index (χ0) is 21.6. The number of esters is 1. The molecule has 1 aliphatic heterocycles. The van der Waals surface area contributed by atoms with Gasteiger partial charge in [-0.2, -0.15) is 4.31 Å². The molecule has 0 atom stereocenters. The van der Waals surface area contributed by atoms with E-state index in [0.717, 1.165) is 24.8 Å². The Morgan fingerprint density at radius 2 is 1.90 bits per heavy atom. The van der Waals surface area contributed by atoms with Crippen LogP contribution in [0.2, 0.25) is 5.02 Å². The number of nitrogens with zero attached hydrogens (tertiary/aromatic N) is 2. The molecule has 0 saturated carbocycles. The van der Waals surface area contributed by atoms with Crippen LogP contribution >= 0.6 is 11.6 Å². The minimum absolute atomic E-state index is 0.0285. The van der Waals surface area contributed by atoms with E-state index in [4.69, 9.17) is 16.3 Å². The highest BCUT2D eigenvalue weighted by atomic mass is 35.5. The molecule has 0 radical (unpaired) electrons. The first kappa shape index (κ1) is 23.4. The van der Waals surface area contributed by atoms with Gasteiger partial charge in [-0.05, 0) is 44.9 Å². The second-order valence-electron chi connectivity index (χ2n) is 7.05. The van der Waals surface area contributed by atoms with Gasteiger partial charge in [0.25, 0.3) is 5.91 Å². The molecule has 1 fully saturated rings. The Hall–Kier alpha value is -1.90. The molecule has 0 N–H and O–H groups in total. The summed E-state index contributed by atoms with van der Waals surface area (Å²) in [6, 6.07) is 3.95. The van der Waals surface area contributed by atoms with Crippen LogP contribution in [0.15, 0.2) is 35.2 Å². The van der Waals surface area contributed by atoms with Crippen LogP contribution in [-0.4, -0.2) is 62.3 Å². The van der Waals surface area contributed by atoms with Crippen molar-refractivity contribution in [2.24, 2.45) is 0 Å². The van der Waals surface area contributed by atoms with Crippen LogP contribution in [0, 0.1) is 0 Å². The van der Waals surface area contributed by atoms with Gasteiger partial charge in [-0.25, -0.2) is 13.2 Å². The lowest BCUT2D eigenvalue weighted by Crippen LogP contribution is -2.36. The Labute approximate surface area is 177 Å². The third-order valence-corrected chi connectivity index (χ3v) is 7.00. The lowest BCUT2D eigenvalue weighted by atomic mass is 10.2. The number of carbonyl (C=O) groups is 2. The molecule has 0 aliphatic carbocycles. The maximum Gasteiger partial charge on any atom is 0.338 e. The zero-order valence-corrected chi connectivity index (χ0v) is 18.4. The molecule has 1 aromatic rings. The summed E-state index contributed by atoms with van der Waals surface area (Å²) in [7, 11) is -3.80. The van der Waals surface area contributed by atoms with Gasteiger partial charge in [0.15, 0.2) is 6.61 Å². The van der Waals surface area contributed by atoms with Crippen molar-refractivity contribution in [1.82, 2.24) is 9.21 Å². The van der Waals surface area contributed by atoms with Crippen LogP contribution in [0.3, 0.4) is 0 Å². The van der Waals surface area contributed by atoms with Crippen molar-refractivity contribution in [3.63, 3.8) is 0 Å². The average molecular weight is 443 g/mol. The third kappa shape index (κ3) is 6.04. The number of hydrogen-bond donors (Lipinski definition) is 0. The van der Waals surface area contributed by atoms with Gasteiger partial charge in [0.2, 0.25) is 10.0 Å². The van der Waals surface area contributed by atoms with E-state index in [0.29, 0.717) is 26.2 Å². The number of likely N-dealkylation sites (N-methyl/N-ethyl adjacent to an activating group) is 1.